The summed E-state index contributed by atoms with van der Waals surface area (Å²) in [6.07, 6.45) is 0. The molecule has 57 heavy (non-hydrogen) atoms. The first kappa shape index (κ1) is 39.4. The molecule has 6 aromatic rings. The molecule has 6 heteroatoms. The van der Waals surface area contributed by atoms with Crippen LogP contribution in [0.1, 0.15) is 66.8 Å². The molecule has 0 atom stereocenters. The van der Waals surface area contributed by atoms with E-state index in [9.17, 15) is 0 Å². The fourth-order valence-electron chi connectivity index (χ4n) is 7.75. The molecule has 0 aliphatic carbocycles. The van der Waals surface area contributed by atoms with Gasteiger partial charge in [-0.2, -0.15) is 0 Å². The quantitative estimate of drug-likeness (QED) is 0.179. The SMILES string of the molecule is Cc1ccc2c(c1)CN(c1cc(C)ccc1C)CO2.Cc1ccc2c(c1)CN(c1cccc(C)c1C)CO2.Cc1ccc2c(c1)OCN(c1cccc(C)c1C)C2. The highest BCUT2D eigenvalue weighted by atomic mass is 16.5. The van der Waals surface area contributed by atoms with Gasteiger partial charge in [0.25, 0.3) is 0 Å². The van der Waals surface area contributed by atoms with E-state index in [-0.39, 0.29) is 0 Å². The molecule has 0 amide bonds. The lowest BCUT2D eigenvalue weighted by atomic mass is 10.1. The Morgan fingerprint density at radius 1 is 0.351 bits per heavy atom. The third-order valence-corrected chi connectivity index (χ3v) is 11.4. The zero-order chi connectivity index (χ0) is 40.2. The van der Waals surface area contributed by atoms with Crippen LogP contribution in [-0.2, 0) is 19.6 Å². The Balaban J connectivity index is 0.000000131. The van der Waals surface area contributed by atoms with Gasteiger partial charge in [-0.1, -0.05) is 83.9 Å². The van der Waals surface area contributed by atoms with Gasteiger partial charge in [0.05, 0.1) is 0 Å². The van der Waals surface area contributed by atoms with Crippen LogP contribution in [0.4, 0.5) is 17.1 Å². The maximum Gasteiger partial charge on any atom is 0.161 e. The summed E-state index contributed by atoms with van der Waals surface area (Å²) in [6.45, 7) is 23.9. The summed E-state index contributed by atoms with van der Waals surface area (Å²) in [5.74, 6) is 3.07. The minimum Gasteiger partial charge on any atom is -0.473 e. The van der Waals surface area contributed by atoms with Gasteiger partial charge in [0.1, 0.15) is 17.2 Å². The maximum atomic E-state index is 5.89. The lowest BCUT2D eigenvalue weighted by Crippen LogP contribution is -2.32. The van der Waals surface area contributed by atoms with E-state index in [1.54, 1.807) is 0 Å². The second-order valence-electron chi connectivity index (χ2n) is 16.0. The molecule has 3 aliphatic rings. The summed E-state index contributed by atoms with van der Waals surface area (Å²) < 4.78 is 17.6. The Morgan fingerprint density at radius 2 is 0.772 bits per heavy atom. The van der Waals surface area contributed by atoms with Crippen molar-refractivity contribution in [2.24, 2.45) is 0 Å². The van der Waals surface area contributed by atoms with Gasteiger partial charge < -0.3 is 28.9 Å². The van der Waals surface area contributed by atoms with Crippen molar-refractivity contribution in [3.8, 4) is 17.2 Å². The third kappa shape index (κ3) is 9.07. The molecule has 0 spiro atoms. The predicted molar refractivity (Wildman–Crippen MR) is 236 cm³/mol. The Morgan fingerprint density at radius 3 is 1.32 bits per heavy atom. The molecular weight excluding hydrogens is 703 g/mol. The van der Waals surface area contributed by atoms with E-state index in [4.69, 9.17) is 14.2 Å². The minimum absolute atomic E-state index is 0.625. The van der Waals surface area contributed by atoms with Crippen molar-refractivity contribution in [3.05, 3.63) is 176 Å². The van der Waals surface area contributed by atoms with Gasteiger partial charge >= 0.3 is 0 Å². The molecule has 0 fully saturated rings. The average Bonchev–Trinajstić information content (AvgIpc) is 3.20. The summed E-state index contributed by atoms with van der Waals surface area (Å²) in [4.78, 5) is 6.88. The van der Waals surface area contributed by atoms with Crippen molar-refractivity contribution in [2.75, 3.05) is 34.9 Å². The molecule has 0 bridgehead atoms. The first-order valence-corrected chi connectivity index (χ1v) is 20.0. The van der Waals surface area contributed by atoms with Gasteiger partial charge in [0.2, 0.25) is 0 Å². The molecule has 3 aliphatic heterocycles. The molecule has 0 radical (unpaired) electrons. The number of aryl methyl sites for hydroxylation is 7. The van der Waals surface area contributed by atoms with E-state index >= 15 is 0 Å². The minimum atomic E-state index is 0.625. The summed E-state index contributed by atoms with van der Waals surface area (Å²) >= 11 is 0. The number of fused-ring (bicyclic) bond motifs is 3. The average molecular weight is 760 g/mol. The standard InChI is InChI=1S/3C17H19NO/c1-12-5-7-17-15(8-12)10-18(11-19-17)16-9-13(2)4-6-14(16)3;1-12-7-8-17-15(9-12)10-18(11-19-17)16-6-4-5-13(2)14(16)3;1-12-7-8-15-10-18(11-19-17(15)9-12)16-6-4-5-13(2)14(16)3/h3*4-9H,10-11H2,1-3H3. The zero-order valence-electron chi connectivity index (χ0n) is 35.2. The van der Waals surface area contributed by atoms with Gasteiger partial charge in [-0.15, -0.1) is 0 Å². The normalized spacial score (nSPS) is 13.9. The van der Waals surface area contributed by atoms with Crippen LogP contribution in [0.25, 0.3) is 0 Å². The van der Waals surface area contributed by atoms with Crippen LogP contribution >= 0.6 is 0 Å². The van der Waals surface area contributed by atoms with Crippen LogP contribution in [0.5, 0.6) is 17.2 Å². The largest absolute Gasteiger partial charge is 0.473 e. The first-order chi connectivity index (χ1) is 27.4. The Hall–Kier alpha value is -5.88. The Bertz CT molecular complexity index is 2320. The van der Waals surface area contributed by atoms with E-state index in [1.165, 1.54) is 83.8 Å². The van der Waals surface area contributed by atoms with Gasteiger partial charge in [-0.3, -0.25) is 0 Å². The van der Waals surface area contributed by atoms with Crippen LogP contribution < -0.4 is 28.9 Å². The van der Waals surface area contributed by atoms with Crippen LogP contribution in [0.15, 0.2) is 109 Å². The topological polar surface area (TPSA) is 37.4 Å². The van der Waals surface area contributed by atoms with E-state index in [0.29, 0.717) is 20.2 Å². The first-order valence-electron chi connectivity index (χ1n) is 20.0. The van der Waals surface area contributed by atoms with Crippen molar-refractivity contribution < 1.29 is 14.2 Å². The molecule has 0 saturated carbocycles. The second kappa shape index (κ2) is 17.1. The monoisotopic (exact) mass is 759 g/mol. The van der Waals surface area contributed by atoms with Crippen molar-refractivity contribution in [1.82, 2.24) is 0 Å². The van der Waals surface area contributed by atoms with E-state index in [2.05, 4.69) is 186 Å². The molecule has 294 valence electrons. The van der Waals surface area contributed by atoms with Gasteiger partial charge in [0.15, 0.2) is 20.2 Å². The summed E-state index contributed by atoms with van der Waals surface area (Å²) in [5.41, 5.74) is 19.3. The summed E-state index contributed by atoms with van der Waals surface area (Å²) in [7, 11) is 0. The van der Waals surface area contributed by atoms with Crippen LogP contribution in [-0.4, -0.2) is 20.2 Å². The number of anilines is 3. The number of rotatable bonds is 3. The van der Waals surface area contributed by atoms with Crippen LogP contribution in [0.2, 0.25) is 0 Å². The van der Waals surface area contributed by atoms with Crippen molar-refractivity contribution >= 4 is 17.1 Å². The lowest BCUT2D eigenvalue weighted by molar-refractivity contribution is 0.289. The lowest BCUT2D eigenvalue weighted by Gasteiger charge is -2.32. The number of hydrogen-bond donors (Lipinski definition) is 0. The van der Waals surface area contributed by atoms with Crippen molar-refractivity contribution in [2.45, 2.75) is 81.9 Å². The number of nitrogens with zero attached hydrogens (tertiary/aromatic N) is 3. The van der Waals surface area contributed by atoms with Crippen molar-refractivity contribution in [3.63, 3.8) is 0 Å². The third-order valence-electron chi connectivity index (χ3n) is 11.4. The molecule has 9 rings (SSSR count). The van der Waals surface area contributed by atoms with Gasteiger partial charge in [-0.25, -0.2) is 0 Å². The molecule has 3 heterocycles. The molecule has 0 unspecified atom stereocenters. The van der Waals surface area contributed by atoms with Crippen molar-refractivity contribution in [1.29, 1.82) is 0 Å². The molecule has 0 aromatic heterocycles. The molecule has 6 aromatic carbocycles. The predicted octanol–water partition coefficient (Wildman–Crippen LogP) is 11.9. The van der Waals surface area contributed by atoms with Gasteiger partial charge in [-0.05, 0) is 138 Å². The number of benzene rings is 6. The summed E-state index contributed by atoms with van der Waals surface area (Å²) in [5, 5.41) is 0. The Kier molecular flexibility index (Phi) is 11.8. The maximum absolute atomic E-state index is 5.89. The van der Waals surface area contributed by atoms with Crippen LogP contribution in [0.3, 0.4) is 0 Å². The number of hydrogen-bond acceptors (Lipinski definition) is 6. The zero-order valence-corrected chi connectivity index (χ0v) is 35.2. The Labute approximate surface area is 340 Å². The summed E-state index contributed by atoms with van der Waals surface area (Å²) in [6, 6.07) is 38.7. The van der Waals surface area contributed by atoms with E-state index in [1.807, 2.05) is 0 Å². The fourth-order valence-corrected chi connectivity index (χ4v) is 7.75. The van der Waals surface area contributed by atoms with E-state index < -0.39 is 0 Å². The molecule has 0 N–H and O–H groups in total. The van der Waals surface area contributed by atoms with Crippen LogP contribution in [0, 0.1) is 62.3 Å². The fraction of sp³-hybridized carbons (Fsp3) is 0.294. The highest BCUT2D eigenvalue weighted by molar-refractivity contribution is 5.60. The second-order valence-corrected chi connectivity index (χ2v) is 16.0. The molecule has 0 saturated heterocycles. The highest BCUT2D eigenvalue weighted by Crippen LogP contribution is 2.34. The smallest absolute Gasteiger partial charge is 0.161 e. The molecular formula is C51H57N3O3. The van der Waals surface area contributed by atoms with Gasteiger partial charge in [0, 0.05) is 53.4 Å². The highest BCUT2D eigenvalue weighted by Gasteiger charge is 2.21. The number of ether oxygens (including phenoxy) is 3. The van der Waals surface area contributed by atoms with E-state index in [0.717, 1.165) is 36.9 Å². The molecule has 6 nitrogen and oxygen atoms in total.